The summed E-state index contributed by atoms with van der Waals surface area (Å²) in [5.41, 5.74) is 0. The van der Waals surface area contributed by atoms with Gasteiger partial charge in [0.15, 0.2) is 0 Å². The molecule has 0 bridgehead atoms. The standard InChI is InChI=1S/C14H27NO3/c1-11(2)8-12(5-6-16)10-15-14(17)9-13-4-3-7-18-13/h11-13,16H,3-10H2,1-2H3,(H,15,17). The van der Waals surface area contributed by atoms with Gasteiger partial charge in [-0.25, -0.2) is 0 Å². The first-order valence-corrected chi connectivity index (χ1v) is 7.11. The summed E-state index contributed by atoms with van der Waals surface area (Å²) in [5.74, 6) is 1.05. The molecule has 0 aromatic heterocycles. The molecule has 2 unspecified atom stereocenters. The van der Waals surface area contributed by atoms with Crippen LogP contribution >= 0.6 is 0 Å². The number of nitrogens with one attached hydrogen (secondary N) is 1. The van der Waals surface area contributed by atoms with E-state index in [9.17, 15) is 4.79 Å². The Labute approximate surface area is 110 Å². The van der Waals surface area contributed by atoms with Crippen LogP contribution in [0.1, 0.15) is 46.0 Å². The predicted octanol–water partition coefficient (Wildman–Crippen LogP) is 1.72. The lowest BCUT2D eigenvalue weighted by Crippen LogP contribution is -2.32. The molecule has 0 spiro atoms. The summed E-state index contributed by atoms with van der Waals surface area (Å²) in [7, 11) is 0. The topological polar surface area (TPSA) is 58.6 Å². The van der Waals surface area contributed by atoms with Crippen molar-refractivity contribution in [3.63, 3.8) is 0 Å². The minimum atomic E-state index is 0.0774. The molecule has 1 aliphatic rings. The lowest BCUT2D eigenvalue weighted by molar-refractivity contribution is -0.123. The molecular formula is C14H27NO3. The molecule has 1 saturated heterocycles. The third kappa shape index (κ3) is 6.36. The van der Waals surface area contributed by atoms with Gasteiger partial charge >= 0.3 is 0 Å². The van der Waals surface area contributed by atoms with Crippen LogP contribution in [-0.4, -0.2) is 36.9 Å². The van der Waals surface area contributed by atoms with Gasteiger partial charge in [-0.05, 0) is 37.5 Å². The van der Waals surface area contributed by atoms with Gasteiger partial charge in [0.25, 0.3) is 0 Å². The normalized spacial score (nSPS) is 21.2. The zero-order chi connectivity index (χ0) is 13.4. The van der Waals surface area contributed by atoms with Crippen molar-refractivity contribution in [2.75, 3.05) is 19.8 Å². The molecule has 2 N–H and O–H groups in total. The summed E-state index contributed by atoms with van der Waals surface area (Å²) >= 11 is 0. The van der Waals surface area contributed by atoms with E-state index in [1.165, 1.54) is 0 Å². The van der Waals surface area contributed by atoms with Gasteiger partial charge in [0.1, 0.15) is 0 Å². The van der Waals surface area contributed by atoms with Crippen LogP contribution in [0.2, 0.25) is 0 Å². The number of aliphatic hydroxyl groups is 1. The van der Waals surface area contributed by atoms with Crippen LogP contribution in [-0.2, 0) is 9.53 Å². The largest absolute Gasteiger partial charge is 0.396 e. The van der Waals surface area contributed by atoms with Crippen LogP contribution in [0.15, 0.2) is 0 Å². The van der Waals surface area contributed by atoms with Gasteiger partial charge in [0.2, 0.25) is 5.91 Å². The highest BCUT2D eigenvalue weighted by Crippen LogP contribution is 2.16. The number of hydrogen-bond donors (Lipinski definition) is 2. The highest BCUT2D eigenvalue weighted by molar-refractivity contribution is 5.76. The van der Waals surface area contributed by atoms with E-state index in [1.54, 1.807) is 0 Å². The monoisotopic (exact) mass is 257 g/mol. The van der Waals surface area contributed by atoms with Crippen molar-refractivity contribution in [1.82, 2.24) is 5.32 Å². The van der Waals surface area contributed by atoms with Crippen molar-refractivity contribution in [3.8, 4) is 0 Å². The first kappa shape index (κ1) is 15.4. The van der Waals surface area contributed by atoms with Crippen molar-refractivity contribution in [2.24, 2.45) is 11.8 Å². The number of hydrogen-bond acceptors (Lipinski definition) is 3. The van der Waals surface area contributed by atoms with E-state index in [-0.39, 0.29) is 18.6 Å². The van der Waals surface area contributed by atoms with Gasteiger partial charge < -0.3 is 15.2 Å². The highest BCUT2D eigenvalue weighted by Gasteiger charge is 2.19. The fraction of sp³-hybridized carbons (Fsp3) is 0.929. The smallest absolute Gasteiger partial charge is 0.222 e. The first-order valence-electron chi connectivity index (χ1n) is 7.11. The van der Waals surface area contributed by atoms with Crippen LogP contribution in [0.25, 0.3) is 0 Å². The maximum Gasteiger partial charge on any atom is 0.222 e. The molecule has 106 valence electrons. The molecule has 0 saturated carbocycles. The van der Waals surface area contributed by atoms with Crippen molar-refractivity contribution < 1.29 is 14.6 Å². The van der Waals surface area contributed by atoms with Crippen LogP contribution in [0.4, 0.5) is 0 Å². The van der Waals surface area contributed by atoms with E-state index in [4.69, 9.17) is 9.84 Å². The molecule has 4 nitrogen and oxygen atoms in total. The lowest BCUT2D eigenvalue weighted by Gasteiger charge is -2.19. The summed E-state index contributed by atoms with van der Waals surface area (Å²) in [6.07, 6.45) is 4.47. The van der Waals surface area contributed by atoms with Gasteiger partial charge in [0.05, 0.1) is 12.5 Å². The maximum absolute atomic E-state index is 11.7. The number of carbonyl (C=O) groups is 1. The van der Waals surface area contributed by atoms with E-state index < -0.39 is 0 Å². The van der Waals surface area contributed by atoms with Crippen molar-refractivity contribution in [3.05, 3.63) is 0 Å². The second kappa shape index (κ2) is 8.48. The molecule has 2 atom stereocenters. The molecule has 0 radical (unpaired) electrons. The molecule has 1 rings (SSSR count). The number of ether oxygens (including phenoxy) is 1. The fourth-order valence-electron chi connectivity index (χ4n) is 2.49. The third-order valence-electron chi connectivity index (χ3n) is 3.37. The summed E-state index contributed by atoms with van der Waals surface area (Å²) in [4.78, 5) is 11.7. The summed E-state index contributed by atoms with van der Waals surface area (Å²) in [6, 6.07) is 0. The molecule has 0 aliphatic carbocycles. The zero-order valence-corrected chi connectivity index (χ0v) is 11.7. The molecule has 18 heavy (non-hydrogen) atoms. The molecule has 4 heteroatoms. The van der Waals surface area contributed by atoms with Crippen LogP contribution < -0.4 is 5.32 Å². The molecule has 1 heterocycles. The predicted molar refractivity (Wildman–Crippen MR) is 71.2 cm³/mol. The van der Waals surface area contributed by atoms with Crippen LogP contribution in [0.5, 0.6) is 0 Å². The third-order valence-corrected chi connectivity index (χ3v) is 3.37. The quantitative estimate of drug-likeness (QED) is 0.696. The Morgan fingerprint density at radius 3 is 2.83 bits per heavy atom. The minimum Gasteiger partial charge on any atom is -0.396 e. The van der Waals surface area contributed by atoms with E-state index in [2.05, 4.69) is 19.2 Å². The molecule has 0 aromatic rings. The van der Waals surface area contributed by atoms with Gasteiger partial charge in [-0.3, -0.25) is 4.79 Å². The van der Waals surface area contributed by atoms with E-state index in [1.807, 2.05) is 0 Å². The van der Waals surface area contributed by atoms with Crippen molar-refractivity contribution in [2.45, 2.75) is 52.1 Å². The Balaban J connectivity index is 2.20. The Morgan fingerprint density at radius 1 is 1.50 bits per heavy atom. The highest BCUT2D eigenvalue weighted by atomic mass is 16.5. The summed E-state index contributed by atoms with van der Waals surface area (Å²) < 4.78 is 5.44. The molecule has 1 aliphatic heterocycles. The Morgan fingerprint density at radius 2 is 2.28 bits per heavy atom. The summed E-state index contributed by atoms with van der Waals surface area (Å²) in [5, 5.41) is 12.0. The lowest BCUT2D eigenvalue weighted by atomic mass is 9.94. The number of amides is 1. The van der Waals surface area contributed by atoms with Crippen LogP contribution in [0, 0.1) is 11.8 Å². The van der Waals surface area contributed by atoms with Gasteiger partial charge in [0, 0.05) is 19.8 Å². The van der Waals surface area contributed by atoms with E-state index in [0.29, 0.717) is 24.8 Å². The van der Waals surface area contributed by atoms with Gasteiger partial charge in [-0.15, -0.1) is 0 Å². The molecular weight excluding hydrogens is 230 g/mol. The molecule has 0 aromatic carbocycles. The van der Waals surface area contributed by atoms with Gasteiger partial charge in [-0.1, -0.05) is 13.8 Å². The SMILES string of the molecule is CC(C)CC(CCO)CNC(=O)CC1CCCO1. The van der Waals surface area contributed by atoms with E-state index >= 15 is 0 Å². The van der Waals surface area contributed by atoms with E-state index in [0.717, 1.165) is 32.3 Å². The number of carbonyl (C=O) groups excluding carboxylic acids is 1. The average molecular weight is 257 g/mol. The van der Waals surface area contributed by atoms with Crippen molar-refractivity contribution >= 4 is 5.91 Å². The molecule has 1 fully saturated rings. The average Bonchev–Trinajstić information content (AvgIpc) is 2.78. The Bertz CT molecular complexity index is 237. The zero-order valence-electron chi connectivity index (χ0n) is 11.7. The second-order valence-corrected chi connectivity index (χ2v) is 5.65. The fourth-order valence-corrected chi connectivity index (χ4v) is 2.49. The minimum absolute atomic E-state index is 0.0774. The number of aliphatic hydroxyl groups excluding tert-OH is 1. The Kier molecular flexibility index (Phi) is 7.28. The second-order valence-electron chi connectivity index (χ2n) is 5.65. The Hall–Kier alpha value is -0.610. The van der Waals surface area contributed by atoms with Gasteiger partial charge in [-0.2, -0.15) is 0 Å². The van der Waals surface area contributed by atoms with Crippen LogP contribution in [0.3, 0.4) is 0 Å². The van der Waals surface area contributed by atoms with Crippen molar-refractivity contribution in [1.29, 1.82) is 0 Å². The maximum atomic E-state index is 11.7. The summed E-state index contributed by atoms with van der Waals surface area (Å²) in [6.45, 7) is 5.98. The molecule has 1 amide bonds. The number of rotatable bonds is 8. The first-order chi connectivity index (χ1) is 8.61.